The van der Waals surface area contributed by atoms with E-state index in [1.165, 1.54) is 4.90 Å². The van der Waals surface area contributed by atoms with Gasteiger partial charge in [0.05, 0.1) is 22.1 Å². The first kappa shape index (κ1) is 16.7. The molecule has 8 heteroatoms. The topological polar surface area (TPSA) is 74.5 Å². The van der Waals surface area contributed by atoms with E-state index in [4.69, 9.17) is 21.7 Å². The Balaban J connectivity index is 1.65. The number of hydrogen-bond acceptors (Lipinski definition) is 4. The molecule has 0 radical (unpaired) electrons. The van der Waals surface area contributed by atoms with Gasteiger partial charge in [-0.2, -0.15) is 0 Å². The summed E-state index contributed by atoms with van der Waals surface area (Å²) in [5.74, 6) is 1.55. The summed E-state index contributed by atoms with van der Waals surface area (Å²) in [7, 11) is 3.55. The number of rotatable bonds is 3. The number of para-hydroxylation sites is 2. The second-order valence-corrected chi connectivity index (χ2v) is 6.86. The largest absolute Gasteiger partial charge is 0.465 e. The molecule has 134 valence electrons. The molecule has 7 nitrogen and oxygen atoms in total. The molecule has 0 saturated carbocycles. The van der Waals surface area contributed by atoms with E-state index in [2.05, 4.69) is 4.98 Å². The van der Waals surface area contributed by atoms with Gasteiger partial charge >= 0.3 is 6.09 Å². The maximum atomic E-state index is 11.0. The molecule has 0 aliphatic carbocycles. The number of fused-ring (bicyclic) bond motifs is 1. The minimum atomic E-state index is -0.917. The molecule has 26 heavy (non-hydrogen) atoms. The van der Waals surface area contributed by atoms with E-state index in [0.29, 0.717) is 18.1 Å². The predicted molar refractivity (Wildman–Crippen MR) is 101 cm³/mol. The number of amides is 1. The number of carboxylic acid groups (broad SMARTS) is 1. The van der Waals surface area contributed by atoms with Crippen molar-refractivity contribution >= 4 is 34.5 Å². The number of aryl methyl sites for hydroxylation is 1. The van der Waals surface area contributed by atoms with E-state index in [-0.39, 0.29) is 6.04 Å². The van der Waals surface area contributed by atoms with Crippen molar-refractivity contribution in [1.82, 2.24) is 19.4 Å². The molecule has 0 atom stereocenters. The molecule has 0 bridgehead atoms. The fourth-order valence-corrected chi connectivity index (χ4v) is 3.39. The van der Waals surface area contributed by atoms with Gasteiger partial charge in [-0.15, -0.1) is 0 Å². The smallest absolute Gasteiger partial charge is 0.407 e. The number of carbonyl (C=O) groups is 1. The first-order valence-corrected chi connectivity index (χ1v) is 8.61. The van der Waals surface area contributed by atoms with E-state index >= 15 is 0 Å². The van der Waals surface area contributed by atoms with Crippen molar-refractivity contribution < 1.29 is 9.90 Å². The van der Waals surface area contributed by atoms with Gasteiger partial charge < -0.3 is 19.5 Å². The van der Waals surface area contributed by atoms with Crippen molar-refractivity contribution in [3.8, 4) is 11.4 Å². The van der Waals surface area contributed by atoms with Crippen LogP contribution in [0, 0.1) is 0 Å². The number of anilines is 1. The molecule has 1 aliphatic rings. The second kappa shape index (κ2) is 6.17. The van der Waals surface area contributed by atoms with Gasteiger partial charge in [-0.25, -0.2) is 14.8 Å². The maximum absolute atomic E-state index is 11.0. The fraction of sp³-hybridized carbons (Fsp3) is 0.278. The lowest BCUT2D eigenvalue weighted by atomic mass is 10.1. The number of benzene rings is 1. The highest BCUT2D eigenvalue weighted by Gasteiger charge is 2.33. The number of halogens is 1. The highest BCUT2D eigenvalue weighted by atomic mass is 35.5. The van der Waals surface area contributed by atoms with Gasteiger partial charge in [0.25, 0.3) is 0 Å². The van der Waals surface area contributed by atoms with Gasteiger partial charge in [0.15, 0.2) is 0 Å². The Morgan fingerprint density at radius 2 is 2.08 bits per heavy atom. The van der Waals surface area contributed by atoms with Crippen LogP contribution in [0.3, 0.4) is 0 Å². The first-order valence-electron chi connectivity index (χ1n) is 8.24. The van der Waals surface area contributed by atoms with Crippen molar-refractivity contribution in [3.05, 3.63) is 41.6 Å². The average Bonchev–Trinajstić information content (AvgIpc) is 2.92. The Morgan fingerprint density at radius 3 is 2.77 bits per heavy atom. The zero-order valence-electron chi connectivity index (χ0n) is 14.4. The summed E-state index contributed by atoms with van der Waals surface area (Å²) < 4.78 is 2.01. The molecule has 1 saturated heterocycles. The Labute approximate surface area is 155 Å². The van der Waals surface area contributed by atoms with Gasteiger partial charge in [-0.1, -0.05) is 23.7 Å². The summed E-state index contributed by atoms with van der Waals surface area (Å²) in [5, 5.41) is 9.60. The van der Waals surface area contributed by atoms with Crippen LogP contribution >= 0.6 is 11.6 Å². The van der Waals surface area contributed by atoms with Gasteiger partial charge in [-0.3, -0.25) is 0 Å². The summed E-state index contributed by atoms with van der Waals surface area (Å²) in [6, 6.07) is 9.81. The van der Waals surface area contributed by atoms with Crippen LogP contribution in [-0.2, 0) is 7.05 Å². The van der Waals surface area contributed by atoms with Crippen LogP contribution in [-0.4, -0.2) is 56.8 Å². The van der Waals surface area contributed by atoms with Crippen molar-refractivity contribution in [2.45, 2.75) is 6.04 Å². The van der Waals surface area contributed by atoms with E-state index in [1.807, 2.05) is 46.8 Å². The molecular weight excluding hydrogens is 354 g/mol. The van der Waals surface area contributed by atoms with E-state index < -0.39 is 6.09 Å². The number of likely N-dealkylation sites (N-methyl/N-ethyl adjacent to an activating group) is 1. The quantitative estimate of drug-likeness (QED) is 0.765. The van der Waals surface area contributed by atoms with E-state index in [0.717, 1.165) is 28.2 Å². The standard InChI is InChI=1S/C18H18ClN5O2/c1-22(18(25)26)11-9-24(10-11)16-7-12(13(19)8-20-16)17-21-14-5-3-4-6-15(14)23(17)2/h3-8,11H,9-10H2,1-2H3,(H,25,26). The zero-order chi connectivity index (χ0) is 18.4. The number of nitrogens with zero attached hydrogens (tertiary/aromatic N) is 5. The minimum absolute atomic E-state index is 0.0239. The van der Waals surface area contributed by atoms with Gasteiger partial charge in [0.1, 0.15) is 11.6 Å². The van der Waals surface area contributed by atoms with Crippen molar-refractivity contribution in [3.63, 3.8) is 0 Å². The molecule has 1 fully saturated rings. The Bertz CT molecular complexity index is 996. The van der Waals surface area contributed by atoms with E-state index in [9.17, 15) is 4.79 Å². The van der Waals surface area contributed by atoms with E-state index in [1.54, 1.807) is 13.2 Å². The SMILES string of the molecule is CN(C(=O)O)C1CN(c2cc(-c3nc4ccccc4n3C)c(Cl)cn2)C1. The molecule has 3 aromatic rings. The molecule has 1 aromatic carbocycles. The molecule has 1 N–H and O–H groups in total. The van der Waals surface area contributed by atoms with Crippen LogP contribution in [0.4, 0.5) is 10.6 Å². The Kier molecular flexibility index (Phi) is 3.96. The lowest BCUT2D eigenvalue weighted by Gasteiger charge is -2.43. The zero-order valence-corrected chi connectivity index (χ0v) is 15.2. The number of pyridine rings is 1. The molecule has 2 aromatic heterocycles. The number of imidazole rings is 1. The van der Waals surface area contributed by atoms with Crippen LogP contribution in [0.5, 0.6) is 0 Å². The molecular formula is C18H18ClN5O2. The van der Waals surface area contributed by atoms with Crippen LogP contribution in [0.2, 0.25) is 5.02 Å². The summed E-state index contributed by atoms with van der Waals surface area (Å²) in [5.41, 5.74) is 2.75. The molecule has 3 heterocycles. The Morgan fingerprint density at radius 1 is 1.35 bits per heavy atom. The second-order valence-electron chi connectivity index (χ2n) is 6.46. The maximum Gasteiger partial charge on any atom is 0.407 e. The van der Waals surface area contributed by atoms with Gasteiger partial charge in [0.2, 0.25) is 0 Å². The number of aromatic nitrogens is 3. The third kappa shape index (κ3) is 2.64. The van der Waals surface area contributed by atoms with Crippen molar-refractivity contribution in [1.29, 1.82) is 0 Å². The number of hydrogen-bond donors (Lipinski definition) is 1. The minimum Gasteiger partial charge on any atom is -0.465 e. The van der Waals surface area contributed by atoms with Crippen molar-refractivity contribution in [2.75, 3.05) is 25.0 Å². The van der Waals surface area contributed by atoms with Crippen LogP contribution in [0.15, 0.2) is 36.5 Å². The fourth-order valence-electron chi connectivity index (χ4n) is 3.20. The highest BCUT2D eigenvalue weighted by molar-refractivity contribution is 6.33. The van der Waals surface area contributed by atoms with Crippen LogP contribution < -0.4 is 4.90 Å². The Hall–Kier alpha value is -2.80. The molecule has 0 spiro atoms. The lowest BCUT2D eigenvalue weighted by Crippen LogP contribution is -2.59. The van der Waals surface area contributed by atoms with Gasteiger partial charge in [-0.05, 0) is 18.2 Å². The molecule has 1 aliphatic heterocycles. The van der Waals surface area contributed by atoms with Crippen molar-refractivity contribution in [2.24, 2.45) is 7.05 Å². The summed E-state index contributed by atoms with van der Waals surface area (Å²) in [4.78, 5) is 23.5. The third-order valence-electron chi connectivity index (χ3n) is 4.90. The summed E-state index contributed by atoms with van der Waals surface area (Å²) >= 11 is 6.40. The molecule has 4 rings (SSSR count). The van der Waals surface area contributed by atoms with Gasteiger partial charge in [0, 0.05) is 38.9 Å². The third-order valence-corrected chi connectivity index (χ3v) is 5.21. The summed E-state index contributed by atoms with van der Waals surface area (Å²) in [6.07, 6.45) is 0.707. The van der Waals surface area contributed by atoms with Crippen LogP contribution in [0.25, 0.3) is 22.4 Å². The predicted octanol–water partition coefficient (Wildman–Crippen LogP) is 3.09. The molecule has 0 unspecified atom stereocenters. The molecule has 1 amide bonds. The first-order chi connectivity index (χ1) is 12.5. The normalized spacial score (nSPS) is 14.5. The van der Waals surface area contributed by atoms with Crippen LogP contribution in [0.1, 0.15) is 0 Å². The monoisotopic (exact) mass is 371 g/mol. The average molecular weight is 372 g/mol. The highest BCUT2D eigenvalue weighted by Crippen LogP contribution is 2.33. The lowest BCUT2D eigenvalue weighted by molar-refractivity contribution is 0.129. The summed E-state index contributed by atoms with van der Waals surface area (Å²) in [6.45, 7) is 1.22.